The lowest BCUT2D eigenvalue weighted by Gasteiger charge is -2.36. The Kier molecular flexibility index (Phi) is 4.17. The van der Waals surface area contributed by atoms with E-state index >= 15 is 0 Å². The first-order valence-corrected chi connectivity index (χ1v) is 6.22. The van der Waals surface area contributed by atoms with Crippen molar-refractivity contribution in [3.63, 3.8) is 0 Å². The summed E-state index contributed by atoms with van der Waals surface area (Å²) in [5.74, 6) is -0.719. The van der Waals surface area contributed by atoms with Gasteiger partial charge in [-0.05, 0) is 17.8 Å². The van der Waals surface area contributed by atoms with Crippen LogP contribution in [-0.2, 0) is 9.59 Å². The predicted molar refractivity (Wildman–Crippen MR) is 65.6 cm³/mol. The normalized spacial score (nSPS) is 23.6. The van der Waals surface area contributed by atoms with Gasteiger partial charge in [-0.1, -0.05) is 27.7 Å². The predicted octanol–water partition coefficient (Wildman–Crippen LogP) is 1.99. The number of hydrogen-bond acceptors (Lipinski definition) is 2. The zero-order valence-electron chi connectivity index (χ0n) is 11.2. The van der Waals surface area contributed by atoms with Gasteiger partial charge in [0.25, 0.3) is 0 Å². The summed E-state index contributed by atoms with van der Waals surface area (Å²) >= 11 is 0. The molecule has 1 amide bonds. The summed E-state index contributed by atoms with van der Waals surface area (Å²) in [7, 11) is 0. The number of amides is 1. The second-order valence-electron chi connectivity index (χ2n) is 6.14. The molecule has 0 aromatic heterocycles. The number of hydrogen-bond donors (Lipinski definition) is 1. The number of likely N-dealkylation sites (tertiary alicyclic amines) is 1. The minimum atomic E-state index is -0.786. The Morgan fingerprint density at radius 3 is 2.59 bits per heavy atom. The molecule has 1 aliphatic heterocycles. The van der Waals surface area contributed by atoms with E-state index < -0.39 is 5.97 Å². The topological polar surface area (TPSA) is 57.6 Å². The summed E-state index contributed by atoms with van der Waals surface area (Å²) in [6, 6.07) is 0. The Bertz CT molecular complexity index is 306. The third kappa shape index (κ3) is 3.72. The highest BCUT2D eigenvalue weighted by molar-refractivity contribution is 5.80. The minimum Gasteiger partial charge on any atom is -0.481 e. The highest BCUT2D eigenvalue weighted by Crippen LogP contribution is 2.28. The van der Waals surface area contributed by atoms with Gasteiger partial charge in [0.1, 0.15) is 0 Å². The molecular weight excluding hydrogens is 218 g/mol. The molecule has 0 saturated carbocycles. The van der Waals surface area contributed by atoms with Crippen molar-refractivity contribution in [1.82, 2.24) is 4.90 Å². The summed E-state index contributed by atoms with van der Waals surface area (Å²) in [5.41, 5.74) is 0.135. The number of nitrogens with zero attached hydrogens (tertiary/aromatic N) is 1. The van der Waals surface area contributed by atoms with Crippen LogP contribution in [0.5, 0.6) is 0 Å². The molecule has 4 nitrogen and oxygen atoms in total. The molecule has 0 bridgehead atoms. The maximum atomic E-state index is 11.8. The van der Waals surface area contributed by atoms with Crippen molar-refractivity contribution in [2.24, 2.45) is 17.3 Å². The molecule has 1 N–H and O–H groups in total. The van der Waals surface area contributed by atoms with Gasteiger partial charge in [-0.15, -0.1) is 0 Å². The van der Waals surface area contributed by atoms with E-state index in [1.165, 1.54) is 0 Å². The third-order valence-electron chi connectivity index (χ3n) is 3.82. The standard InChI is InChI=1S/C13H23NO3/c1-9(13(2,3)4)7-14-8-10(12(16)17)5-6-11(14)15/h9-10H,5-8H2,1-4H3,(H,16,17). The first-order chi connectivity index (χ1) is 7.71. The van der Waals surface area contributed by atoms with E-state index in [1.807, 2.05) is 0 Å². The maximum Gasteiger partial charge on any atom is 0.308 e. The molecule has 2 atom stereocenters. The van der Waals surface area contributed by atoms with Gasteiger partial charge in [-0.3, -0.25) is 9.59 Å². The average Bonchev–Trinajstić information content (AvgIpc) is 2.19. The molecule has 1 heterocycles. The van der Waals surface area contributed by atoms with Crippen molar-refractivity contribution in [1.29, 1.82) is 0 Å². The molecule has 1 saturated heterocycles. The lowest BCUT2D eigenvalue weighted by atomic mass is 9.81. The molecule has 1 fully saturated rings. The smallest absolute Gasteiger partial charge is 0.308 e. The molecule has 0 aliphatic carbocycles. The molecule has 2 unspecified atom stereocenters. The minimum absolute atomic E-state index is 0.0959. The van der Waals surface area contributed by atoms with E-state index in [0.717, 1.165) is 0 Å². The fraction of sp³-hybridized carbons (Fsp3) is 0.846. The summed E-state index contributed by atoms with van der Waals surface area (Å²) < 4.78 is 0. The summed E-state index contributed by atoms with van der Waals surface area (Å²) in [5, 5.41) is 9.00. The second-order valence-corrected chi connectivity index (χ2v) is 6.14. The quantitative estimate of drug-likeness (QED) is 0.822. The molecule has 0 spiro atoms. The van der Waals surface area contributed by atoms with Crippen LogP contribution in [0.3, 0.4) is 0 Å². The molecule has 0 aromatic rings. The third-order valence-corrected chi connectivity index (χ3v) is 3.82. The van der Waals surface area contributed by atoms with Crippen molar-refractivity contribution in [2.75, 3.05) is 13.1 Å². The number of carbonyl (C=O) groups is 2. The van der Waals surface area contributed by atoms with Gasteiger partial charge in [0.2, 0.25) is 5.91 Å². The van der Waals surface area contributed by atoms with Gasteiger partial charge in [-0.25, -0.2) is 0 Å². The molecule has 4 heteroatoms. The van der Waals surface area contributed by atoms with Gasteiger partial charge in [-0.2, -0.15) is 0 Å². The molecule has 1 rings (SSSR count). The number of carboxylic acids is 1. The van der Waals surface area contributed by atoms with Crippen LogP contribution in [0, 0.1) is 17.3 Å². The molecule has 98 valence electrons. The second kappa shape index (κ2) is 5.07. The van der Waals surface area contributed by atoms with Crippen LogP contribution in [0.25, 0.3) is 0 Å². The summed E-state index contributed by atoms with van der Waals surface area (Å²) in [4.78, 5) is 24.4. The first-order valence-electron chi connectivity index (χ1n) is 6.22. The first kappa shape index (κ1) is 14.0. The monoisotopic (exact) mass is 241 g/mol. The number of piperidine rings is 1. The van der Waals surface area contributed by atoms with Crippen molar-refractivity contribution >= 4 is 11.9 Å². The number of aliphatic carboxylic acids is 1. The van der Waals surface area contributed by atoms with E-state index in [-0.39, 0.29) is 17.2 Å². The van der Waals surface area contributed by atoms with Gasteiger partial charge in [0, 0.05) is 19.5 Å². The highest BCUT2D eigenvalue weighted by atomic mass is 16.4. The van der Waals surface area contributed by atoms with Gasteiger partial charge >= 0.3 is 5.97 Å². The van der Waals surface area contributed by atoms with Gasteiger partial charge in [0.05, 0.1) is 5.92 Å². The van der Waals surface area contributed by atoms with E-state index in [9.17, 15) is 9.59 Å². The van der Waals surface area contributed by atoms with Crippen molar-refractivity contribution in [3.8, 4) is 0 Å². The number of carbonyl (C=O) groups excluding carboxylic acids is 1. The van der Waals surface area contributed by atoms with Crippen LogP contribution in [0.2, 0.25) is 0 Å². The SMILES string of the molecule is CC(CN1CC(C(=O)O)CCC1=O)C(C)(C)C. The highest BCUT2D eigenvalue weighted by Gasteiger charge is 2.32. The summed E-state index contributed by atoms with van der Waals surface area (Å²) in [6.07, 6.45) is 0.850. The Labute approximate surface area is 103 Å². The molecular formula is C13H23NO3. The zero-order valence-corrected chi connectivity index (χ0v) is 11.2. The van der Waals surface area contributed by atoms with E-state index in [0.29, 0.717) is 31.8 Å². The van der Waals surface area contributed by atoms with Crippen molar-refractivity contribution in [2.45, 2.75) is 40.5 Å². The lowest BCUT2D eigenvalue weighted by molar-refractivity contribution is -0.147. The van der Waals surface area contributed by atoms with Crippen molar-refractivity contribution in [3.05, 3.63) is 0 Å². The molecule has 0 aromatic carbocycles. The van der Waals surface area contributed by atoms with Crippen LogP contribution in [0.15, 0.2) is 0 Å². The lowest BCUT2D eigenvalue weighted by Crippen LogP contribution is -2.45. The Hall–Kier alpha value is -1.06. The Balaban J connectivity index is 2.62. The molecule has 17 heavy (non-hydrogen) atoms. The molecule has 1 aliphatic rings. The maximum absolute atomic E-state index is 11.8. The van der Waals surface area contributed by atoms with Gasteiger partial charge < -0.3 is 10.0 Å². The number of carboxylic acid groups (broad SMARTS) is 1. The largest absolute Gasteiger partial charge is 0.481 e. The summed E-state index contributed by atoms with van der Waals surface area (Å²) in [6.45, 7) is 9.56. The van der Waals surface area contributed by atoms with Crippen LogP contribution in [0.1, 0.15) is 40.5 Å². The average molecular weight is 241 g/mol. The van der Waals surface area contributed by atoms with Crippen LogP contribution >= 0.6 is 0 Å². The van der Waals surface area contributed by atoms with Crippen LogP contribution in [0.4, 0.5) is 0 Å². The van der Waals surface area contributed by atoms with E-state index in [4.69, 9.17) is 5.11 Å². The molecule has 0 radical (unpaired) electrons. The van der Waals surface area contributed by atoms with Crippen LogP contribution < -0.4 is 0 Å². The Morgan fingerprint density at radius 1 is 1.53 bits per heavy atom. The fourth-order valence-electron chi connectivity index (χ4n) is 1.90. The zero-order chi connectivity index (χ0) is 13.2. The van der Waals surface area contributed by atoms with E-state index in [2.05, 4.69) is 27.7 Å². The fourth-order valence-corrected chi connectivity index (χ4v) is 1.90. The van der Waals surface area contributed by atoms with Crippen molar-refractivity contribution < 1.29 is 14.7 Å². The van der Waals surface area contributed by atoms with Crippen LogP contribution in [-0.4, -0.2) is 35.0 Å². The number of rotatable bonds is 3. The Morgan fingerprint density at radius 2 is 2.12 bits per heavy atom. The van der Waals surface area contributed by atoms with E-state index in [1.54, 1.807) is 4.90 Å². The van der Waals surface area contributed by atoms with Gasteiger partial charge in [0.15, 0.2) is 0 Å².